The van der Waals surface area contributed by atoms with Gasteiger partial charge in [-0.15, -0.1) is 11.3 Å². The van der Waals surface area contributed by atoms with Gasteiger partial charge in [-0.25, -0.2) is 0 Å². The van der Waals surface area contributed by atoms with Gasteiger partial charge in [0.25, 0.3) is 11.8 Å². The van der Waals surface area contributed by atoms with Crippen molar-refractivity contribution in [3.8, 4) is 0 Å². The molecule has 2 aromatic heterocycles. The largest absolute Gasteiger partial charge is 0.385 e. The summed E-state index contributed by atoms with van der Waals surface area (Å²) in [5.41, 5.74) is 2.76. The topological polar surface area (TPSA) is 98.9 Å². The minimum Gasteiger partial charge on any atom is -0.385 e. The maximum Gasteiger partial charge on any atom is 0.256 e. The van der Waals surface area contributed by atoms with Crippen LogP contribution in [0, 0.1) is 5.92 Å². The molecule has 4 aromatic rings. The molecule has 0 atom stereocenters. The highest BCUT2D eigenvalue weighted by Gasteiger charge is 2.14. The number of carbonyl (C=O) groups is 2. The van der Waals surface area contributed by atoms with E-state index in [9.17, 15) is 9.59 Å². The first kappa shape index (κ1) is 22.5. The molecule has 4 rings (SSSR count). The zero-order valence-electron chi connectivity index (χ0n) is 18.6. The van der Waals surface area contributed by atoms with Crippen LogP contribution in [0.15, 0.2) is 60.0 Å². The van der Waals surface area contributed by atoms with E-state index in [0.717, 1.165) is 29.0 Å². The molecule has 2 heterocycles. The Morgan fingerprint density at radius 2 is 1.82 bits per heavy atom. The van der Waals surface area contributed by atoms with Gasteiger partial charge in [0.05, 0.1) is 12.1 Å². The van der Waals surface area contributed by atoms with E-state index in [1.54, 1.807) is 41.7 Å². The predicted octanol–water partition coefficient (Wildman–Crippen LogP) is 5.26. The molecular formula is C25H27N5O2S. The van der Waals surface area contributed by atoms with Crippen molar-refractivity contribution >= 4 is 45.6 Å². The van der Waals surface area contributed by atoms with Crippen molar-refractivity contribution in [3.05, 3.63) is 76.0 Å². The lowest BCUT2D eigenvalue weighted by Gasteiger charge is -2.09. The van der Waals surface area contributed by atoms with E-state index in [0.29, 0.717) is 34.8 Å². The van der Waals surface area contributed by atoms with Crippen LogP contribution in [0.2, 0.25) is 0 Å². The quantitative estimate of drug-likeness (QED) is 0.273. The number of benzene rings is 2. The molecule has 0 bridgehead atoms. The molecule has 4 N–H and O–H groups in total. The molecule has 0 aliphatic heterocycles. The fourth-order valence-electron chi connectivity index (χ4n) is 3.36. The second kappa shape index (κ2) is 10.3. The van der Waals surface area contributed by atoms with Crippen molar-refractivity contribution < 1.29 is 9.59 Å². The van der Waals surface area contributed by atoms with E-state index in [-0.39, 0.29) is 11.8 Å². The number of amides is 2. The van der Waals surface area contributed by atoms with Gasteiger partial charge >= 0.3 is 0 Å². The van der Waals surface area contributed by atoms with Gasteiger partial charge in [-0.2, -0.15) is 5.10 Å². The standard InChI is InChI=1S/C25H27N5O2S/c1-16(2)11-12-26-19-8-5-17(6-9-19)25(32)28-23-21-14-18(7-10-22(21)29-30-23)24(31)27-15-20-4-3-13-33-20/h3-10,13-14,16,26H,11-12,15H2,1-2H3,(H,27,31)(H2,28,29,30,32). The highest BCUT2D eigenvalue weighted by molar-refractivity contribution is 7.09. The van der Waals surface area contributed by atoms with Crippen molar-refractivity contribution in [2.24, 2.45) is 5.92 Å². The monoisotopic (exact) mass is 461 g/mol. The van der Waals surface area contributed by atoms with Crippen molar-refractivity contribution in [2.45, 2.75) is 26.8 Å². The van der Waals surface area contributed by atoms with E-state index in [1.807, 2.05) is 29.6 Å². The van der Waals surface area contributed by atoms with Crippen LogP contribution in [0.1, 0.15) is 45.9 Å². The molecule has 0 fully saturated rings. The zero-order valence-corrected chi connectivity index (χ0v) is 19.5. The molecule has 0 saturated heterocycles. The summed E-state index contributed by atoms with van der Waals surface area (Å²) in [5, 5.41) is 18.9. The second-order valence-corrected chi connectivity index (χ2v) is 9.27. The van der Waals surface area contributed by atoms with E-state index in [1.165, 1.54) is 0 Å². The Morgan fingerprint density at radius 3 is 2.55 bits per heavy atom. The number of H-pyrrole nitrogens is 1. The summed E-state index contributed by atoms with van der Waals surface area (Å²) >= 11 is 1.60. The summed E-state index contributed by atoms with van der Waals surface area (Å²) in [4.78, 5) is 26.4. The van der Waals surface area contributed by atoms with Crippen molar-refractivity contribution in [1.82, 2.24) is 15.5 Å². The highest BCUT2D eigenvalue weighted by Crippen LogP contribution is 2.23. The second-order valence-electron chi connectivity index (χ2n) is 8.24. The Kier molecular flexibility index (Phi) is 7.04. The molecule has 2 aromatic carbocycles. The third-order valence-corrected chi connectivity index (χ3v) is 6.13. The molecular weight excluding hydrogens is 434 g/mol. The van der Waals surface area contributed by atoms with Crippen LogP contribution in [-0.2, 0) is 6.54 Å². The van der Waals surface area contributed by atoms with Gasteiger partial charge in [-0.05, 0) is 66.2 Å². The number of fused-ring (bicyclic) bond motifs is 1. The minimum atomic E-state index is -0.260. The lowest BCUT2D eigenvalue weighted by atomic mass is 10.1. The van der Waals surface area contributed by atoms with E-state index < -0.39 is 0 Å². The summed E-state index contributed by atoms with van der Waals surface area (Å²) in [5.74, 6) is 0.592. The molecule has 170 valence electrons. The molecule has 0 saturated carbocycles. The molecule has 2 amide bonds. The summed E-state index contributed by atoms with van der Waals surface area (Å²) < 4.78 is 0. The summed E-state index contributed by atoms with van der Waals surface area (Å²) in [6.07, 6.45) is 1.09. The molecule has 0 aliphatic carbocycles. The van der Waals surface area contributed by atoms with Crippen LogP contribution in [0.3, 0.4) is 0 Å². The number of hydrogen-bond acceptors (Lipinski definition) is 5. The van der Waals surface area contributed by atoms with Crippen LogP contribution < -0.4 is 16.0 Å². The number of nitrogens with zero attached hydrogens (tertiary/aromatic N) is 1. The normalized spacial score (nSPS) is 11.0. The zero-order chi connectivity index (χ0) is 23.2. The Balaban J connectivity index is 1.42. The van der Waals surface area contributed by atoms with Crippen LogP contribution in [-0.4, -0.2) is 28.6 Å². The SMILES string of the molecule is CC(C)CCNc1ccc(C(=O)Nc2n[nH]c3ccc(C(=O)NCc4cccs4)cc23)cc1. The van der Waals surface area contributed by atoms with E-state index >= 15 is 0 Å². The van der Waals surface area contributed by atoms with Gasteiger partial charge in [0, 0.05) is 33.6 Å². The summed E-state index contributed by atoms with van der Waals surface area (Å²) in [6.45, 7) is 5.75. The van der Waals surface area contributed by atoms with Crippen molar-refractivity contribution in [3.63, 3.8) is 0 Å². The van der Waals surface area contributed by atoms with Crippen molar-refractivity contribution in [1.29, 1.82) is 0 Å². The van der Waals surface area contributed by atoms with Gasteiger partial charge in [-0.3, -0.25) is 14.7 Å². The Bertz CT molecular complexity index is 1230. The molecule has 33 heavy (non-hydrogen) atoms. The third-order valence-electron chi connectivity index (χ3n) is 5.26. The average molecular weight is 462 g/mol. The lowest BCUT2D eigenvalue weighted by molar-refractivity contribution is 0.0950. The van der Waals surface area contributed by atoms with Crippen LogP contribution in [0.4, 0.5) is 11.5 Å². The average Bonchev–Trinajstić information content (AvgIpc) is 3.47. The predicted molar refractivity (Wildman–Crippen MR) is 134 cm³/mol. The molecule has 0 unspecified atom stereocenters. The number of aromatic nitrogens is 2. The number of aromatic amines is 1. The van der Waals surface area contributed by atoms with Crippen LogP contribution in [0.5, 0.6) is 0 Å². The van der Waals surface area contributed by atoms with Crippen LogP contribution in [0.25, 0.3) is 10.9 Å². The van der Waals surface area contributed by atoms with E-state index in [4.69, 9.17) is 0 Å². The number of nitrogens with one attached hydrogen (secondary N) is 4. The van der Waals surface area contributed by atoms with Gasteiger partial charge in [0.2, 0.25) is 0 Å². The smallest absolute Gasteiger partial charge is 0.256 e. The van der Waals surface area contributed by atoms with Crippen molar-refractivity contribution in [2.75, 3.05) is 17.2 Å². The Morgan fingerprint density at radius 1 is 1.03 bits per heavy atom. The fourth-order valence-corrected chi connectivity index (χ4v) is 4.00. The summed E-state index contributed by atoms with van der Waals surface area (Å²) in [7, 11) is 0. The highest BCUT2D eigenvalue weighted by atomic mass is 32.1. The van der Waals surface area contributed by atoms with E-state index in [2.05, 4.69) is 40.0 Å². The minimum absolute atomic E-state index is 0.177. The fraction of sp³-hybridized carbons (Fsp3) is 0.240. The third kappa shape index (κ3) is 5.78. The first-order valence-corrected chi connectivity index (χ1v) is 11.8. The van der Waals surface area contributed by atoms with Crippen LogP contribution >= 0.6 is 11.3 Å². The summed E-state index contributed by atoms with van der Waals surface area (Å²) in [6, 6.07) is 16.6. The number of thiophene rings is 1. The molecule has 8 heteroatoms. The van der Waals surface area contributed by atoms with Gasteiger partial charge in [-0.1, -0.05) is 19.9 Å². The Labute approximate surface area is 196 Å². The van der Waals surface area contributed by atoms with Gasteiger partial charge in [0.1, 0.15) is 0 Å². The van der Waals surface area contributed by atoms with Gasteiger partial charge in [0.15, 0.2) is 5.82 Å². The first-order valence-electron chi connectivity index (χ1n) is 10.9. The molecule has 7 nitrogen and oxygen atoms in total. The number of rotatable bonds is 9. The maximum absolute atomic E-state index is 12.8. The first-order chi connectivity index (χ1) is 16.0. The number of hydrogen-bond donors (Lipinski definition) is 4. The molecule has 0 radical (unpaired) electrons. The Hall–Kier alpha value is -3.65. The number of carbonyl (C=O) groups excluding carboxylic acids is 2. The molecule has 0 spiro atoms. The lowest BCUT2D eigenvalue weighted by Crippen LogP contribution is -2.22. The molecule has 0 aliphatic rings. The maximum atomic E-state index is 12.8. The number of anilines is 2. The van der Waals surface area contributed by atoms with Gasteiger partial charge < -0.3 is 16.0 Å².